The van der Waals surface area contributed by atoms with Crippen LogP contribution in [0.25, 0.3) is 0 Å². The fourth-order valence-corrected chi connectivity index (χ4v) is 2.31. The van der Waals surface area contributed by atoms with Gasteiger partial charge in [0.25, 0.3) is 0 Å². The summed E-state index contributed by atoms with van der Waals surface area (Å²) in [6.07, 6.45) is 3.96. The molecular formula is C7H14N2. The Morgan fingerprint density at radius 1 is 1.44 bits per heavy atom. The molecule has 2 saturated heterocycles. The molecule has 2 bridgehead atoms. The fraction of sp³-hybridized carbons (Fsp3) is 1.00. The van der Waals surface area contributed by atoms with Crippen molar-refractivity contribution in [3.05, 3.63) is 0 Å². The highest BCUT2D eigenvalue weighted by Crippen LogP contribution is 2.34. The van der Waals surface area contributed by atoms with E-state index in [1.165, 1.54) is 19.3 Å². The molecule has 2 fully saturated rings. The Hall–Kier alpha value is -0.0800. The zero-order valence-electron chi connectivity index (χ0n) is 5.88. The maximum atomic E-state index is 5.87. The number of fused-ring (bicyclic) bond motifs is 2. The van der Waals surface area contributed by atoms with Crippen molar-refractivity contribution in [1.82, 2.24) is 4.90 Å². The number of hydrogen-bond donors (Lipinski definition) is 1. The lowest BCUT2D eigenvalue weighted by Gasteiger charge is -2.16. The zero-order valence-corrected chi connectivity index (χ0v) is 5.88. The standard InChI is InChI=1S/C7H14N2/c1-9-5-2-3-7(9)6(8)4-5/h5-7H,2-4,8H2,1H3/t5-,6-,7+/m1/s1. The van der Waals surface area contributed by atoms with E-state index in [1.807, 2.05) is 0 Å². The highest BCUT2D eigenvalue weighted by Gasteiger charge is 2.41. The summed E-state index contributed by atoms with van der Waals surface area (Å²) < 4.78 is 0. The first-order chi connectivity index (χ1) is 4.29. The van der Waals surface area contributed by atoms with Crippen LogP contribution in [-0.4, -0.2) is 30.1 Å². The maximum absolute atomic E-state index is 5.87. The van der Waals surface area contributed by atoms with Gasteiger partial charge in [0.05, 0.1) is 0 Å². The molecule has 0 spiro atoms. The summed E-state index contributed by atoms with van der Waals surface area (Å²) in [5.74, 6) is 0. The lowest BCUT2D eigenvalue weighted by atomic mass is 9.97. The van der Waals surface area contributed by atoms with Crippen molar-refractivity contribution in [1.29, 1.82) is 0 Å². The van der Waals surface area contributed by atoms with Crippen molar-refractivity contribution in [2.75, 3.05) is 7.05 Å². The third-order valence-electron chi connectivity index (χ3n) is 2.93. The van der Waals surface area contributed by atoms with E-state index in [0.717, 1.165) is 12.1 Å². The van der Waals surface area contributed by atoms with Gasteiger partial charge in [-0.05, 0) is 26.3 Å². The quantitative estimate of drug-likeness (QED) is 0.501. The van der Waals surface area contributed by atoms with Gasteiger partial charge in [0.15, 0.2) is 0 Å². The van der Waals surface area contributed by atoms with Crippen LogP contribution in [0.2, 0.25) is 0 Å². The Morgan fingerprint density at radius 2 is 2.22 bits per heavy atom. The molecule has 0 aromatic carbocycles. The van der Waals surface area contributed by atoms with E-state index < -0.39 is 0 Å². The number of likely N-dealkylation sites (N-methyl/N-ethyl adjacent to an activating group) is 1. The van der Waals surface area contributed by atoms with E-state index in [1.54, 1.807) is 0 Å². The highest BCUT2D eigenvalue weighted by molar-refractivity contribution is 5.00. The van der Waals surface area contributed by atoms with Crippen LogP contribution in [-0.2, 0) is 0 Å². The van der Waals surface area contributed by atoms with E-state index in [-0.39, 0.29) is 0 Å². The monoisotopic (exact) mass is 126 g/mol. The minimum atomic E-state index is 0.480. The van der Waals surface area contributed by atoms with Crippen LogP contribution in [0.15, 0.2) is 0 Å². The molecule has 52 valence electrons. The van der Waals surface area contributed by atoms with Crippen LogP contribution in [0.3, 0.4) is 0 Å². The molecule has 2 heteroatoms. The van der Waals surface area contributed by atoms with Crippen molar-refractivity contribution in [2.45, 2.75) is 37.4 Å². The lowest BCUT2D eigenvalue weighted by Crippen LogP contribution is -2.34. The van der Waals surface area contributed by atoms with Crippen molar-refractivity contribution in [3.8, 4) is 0 Å². The molecule has 2 N–H and O–H groups in total. The van der Waals surface area contributed by atoms with Crippen LogP contribution in [0, 0.1) is 0 Å². The second-order valence-electron chi connectivity index (χ2n) is 3.36. The van der Waals surface area contributed by atoms with Gasteiger partial charge in [0, 0.05) is 18.1 Å². The van der Waals surface area contributed by atoms with Crippen LogP contribution >= 0.6 is 0 Å². The summed E-state index contributed by atoms with van der Waals surface area (Å²) in [4.78, 5) is 2.45. The second kappa shape index (κ2) is 1.70. The molecule has 2 aliphatic rings. The predicted molar refractivity (Wildman–Crippen MR) is 37.2 cm³/mol. The molecule has 0 aliphatic carbocycles. The van der Waals surface area contributed by atoms with E-state index in [0.29, 0.717) is 6.04 Å². The summed E-state index contributed by atoms with van der Waals surface area (Å²) in [6, 6.07) is 2.02. The number of nitrogens with zero attached hydrogens (tertiary/aromatic N) is 1. The van der Waals surface area contributed by atoms with Gasteiger partial charge in [-0.15, -0.1) is 0 Å². The molecule has 9 heavy (non-hydrogen) atoms. The second-order valence-corrected chi connectivity index (χ2v) is 3.36. The van der Waals surface area contributed by atoms with E-state index in [4.69, 9.17) is 5.73 Å². The average Bonchev–Trinajstić information content (AvgIpc) is 2.25. The normalized spacial score (nSPS) is 50.7. The topological polar surface area (TPSA) is 29.3 Å². The third kappa shape index (κ3) is 0.634. The molecule has 3 atom stereocenters. The van der Waals surface area contributed by atoms with E-state index in [2.05, 4.69) is 11.9 Å². The van der Waals surface area contributed by atoms with E-state index >= 15 is 0 Å². The molecule has 0 aromatic heterocycles. The molecular weight excluding hydrogens is 112 g/mol. The van der Waals surface area contributed by atoms with Gasteiger partial charge in [-0.1, -0.05) is 0 Å². The third-order valence-corrected chi connectivity index (χ3v) is 2.93. The van der Waals surface area contributed by atoms with Gasteiger partial charge in [-0.3, -0.25) is 4.90 Å². The predicted octanol–water partition coefficient (Wildman–Crippen LogP) is 0.180. The smallest absolute Gasteiger partial charge is 0.0248 e. The van der Waals surface area contributed by atoms with Gasteiger partial charge in [-0.25, -0.2) is 0 Å². The van der Waals surface area contributed by atoms with Crippen LogP contribution in [0.4, 0.5) is 0 Å². The van der Waals surface area contributed by atoms with Gasteiger partial charge in [-0.2, -0.15) is 0 Å². The van der Waals surface area contributed by atoms with Crippen molar-refractivity contribution in [3.63, 3.8) is 0 Å². The number of nitrogens with two attached hydrogens (primary N) is 1. The van der Waals surface area contributed by atoms with E-state index in [9.17, 15) is 0 Å². The Kier molecular flexibility index (Phi) is 1.08. The summed E-state index contributed by atoms with van der Waals surface area (Å²) in [6.45, 7) is 0. The highest BCUT2D eigenvalue weighted by atomic mass is 15.2. The zero-order chi connectivity index (χ0) is 6.43. The van der Waals surface area contributed by atoms with Crippen molar-refractivity contribution in [2.24, 2.45) is 5.73 Å². The molecule has 0 saturated carbocycles. The van der Waals surface area contributed by atoms with Crippen LogP contribution in [0.1, 0.15) is 19.3 Å². The molecule has 0 aromatic rings. The van der Waals surface area contributed by atoms with Gasteiger partial charge in [0.2, 0.25) is 0 Å². The summed E-state index contributed by atoms with van der Waals surface area (Å²) in [5.41, 5.74) is 5.87. The molecule has 0 amide bonds. The van der Waals surface area contributed by atoms with Crippen LogP contribution in [0.5, 0.6) is 0 Å². The van der Waals surface area contributed by atoms with Gasteiger partial charge in [0.1, 0.15) is 0 Å². The van der Waals surface area contributed by atoms with Crippen molar-refractivity contribution >= 4 is 0 Å². The largest absolute Gasteiger partial charge is 0.326 e. The summed E-state index contributed by atoms with van der Waals surface area (Å²) in [5, 5.41) is 0. The molecule has 2 rings (SSSR count). The minimum absolute atomic E-state index is 0.480. The fourth-order valence-electron chi connectivity index (χ4n) is 2.31. The average molecular weight is 126 g/mol. The Bertz CT molecular complexity index is 124. The molecule has 2 heterocycles. The Labute approximate surface area is 56.0 Å². The summed E-state index contributed by atoms with van der Waals surface area (Å²) in [7, 11) is 2.20. The molecule has 0 radical (unpaired) electrons. The minimum Gasteiger partial charge on any atom is -0.326 e. The van der Waals surface area contributed by atoms with Crippen molar-refractivity contribution < 1.29 is 0 Å². The first-order valence-corrected chi connectivity index (χ1v) is 3.76. The molecule has 0 unspecified atom stereocenters. The summed E-state index contributed by atoms with van der Waals surface area (Å²) >= 11 is 0. The Balaban J connectivity index is 2.16. The lowest BCUT2D eigenvalue weighted by molar-refractivity contribution is 0.307. The first-order valence-electron chi connectivity index (χ1n) is 3.76. The first kappa shape index (κ1) is 5.69. The van der Waals surface area contributed by atoms with Gasteiger partial charge < -0.3 is 5.73 Å². The van der Waals surface area contributed by atoms with Crippen LogP contribution < -0.4 is 5.73 Å². The van der Waals surface area contributed by atoms with Gasteiger partial charge >= 0.3 is 0 Å². The Morgan fingerprint density at radius 3 is 2.44 bits per heavy atom. The number of rotatable bonds is 0. The molecule has 2 nitrogen and oxygen atoms in total. The number of hydrogen-bond acceptors (Lipinski definition) is 2. The molecule has 2 aliphatic heterocycles. The SMILES string of the molecule is CN1[C@@H]2CC[C@H]1[C@H](N)C2. The maximum Gasteiger partial charge on any atom is 0.0248 e.